The molecule has 1 aliphatic carbocycles. The molecule has 0 bridgehead atoms. The lowest BCUT2D eigenvalue weighted by atomic mass is 9.78. The van der Waals surface area contributed by atoms with E-state index in [-0.39, 0.29) is 12.3 Å². The average Bonchev–Trinajstić information content (AvgIpc) is 2.24. The van der Waals surface area contributed by atoms with Crippen molar-refractivity contribution < 1.29 is 18.0 Å². The van der Waals surface area contributed by atoms with E-state index >= 15 is 0 Å². The second-order valence-corrected chi connectivity index (χ2v) is 5.18. The van der Waals surface area contributed by atoms with Gasteiger partial charge in [-0.15, -0.1) is 0 Å². The van der Waals surface area contributed by atoms with E-state index < -0.39 is 23.9 Å². The monoisotopic (exact) mass is 251 g/mol. The Bertz CT molecular complexity index is 263. The molecule has 2 unspecified atom stereocenters. The maximum absolute atomic E-state index is 12.8. The van der Waals surface area contributed by atoms with Gasteiger partial charge in [0.15, 0.2) is 0 Å². The summed E-state index contributed by atoms with van der Waals surface area (Å²) in [5.74, 6) is -2.52. The lowest BCUT2D eigenvalue weighted by Gasteiger charge is -2.32. The summed E-state index contributed by atoms with van der Waals surface area (Å²) in [5.41, 5.74) is 0. The largest absolute Gasteiger partial charge is 0.392 e. The van der Waals surface area contributed by atoms with E-state index in [0.717, 1.165) is 0 Å². The topological polar surface area (TPSA) is 29.1 Å². The van der Waals surface area contributed by atoms with Gasteiger partial charge >= 0.3 is 6.18 Å². The van der Waals surface area contributed by atoms with E-state index in [1.807, 2.05) is 13.8 Å². The number of carbonyl (C=O) groups excluding carboxylic acids is 1. The third-order valence-corrected chi connectivity index (χ3v) is 3.21. The molecule has 0 aromatic carbocycles. The fourth-order valence-corrected chi connectivity index (χ4v) is 2.27. The normalized spacial score (nSPS) is 26.0. The molecule has 5 heteroatoms. The number of hydrogen-bond acceptors (Lipinski definition) is 1. The van der Waals surface area contributed by atoms with Gasteiger partial charge in [-0.1, -0.05) is 26.7 Å². The van der Waals surface area contributed by atoms with Crippen LogP contribution in [0.4, 0.5) is 13.2 Å². The zero-order chi connectivity index (χ0) is 13.1. The zero-order valence-electron chi connectivity index (χ0n) is 10.3. The first-order valence-electron chi connectivity index (χ1n) is 6.16. The fourth-order valence-electron chi connectivity index (χ4n) is 2.27. The highest BCUT2D eigenvalue weighted by molar-refractivity contribution is 5.79. The third-order valence-electron chi connectivity index (χ3n) is 3.21. The van der Waals surface area contributed by atoms with Crippen molar-refractivity contribution in [2.24, 2.45) is 17.8 Å². The predicted molar refractivity (Wildman–Crippen MR) is 59.4 cm³/mol. The summed E-state index contributed by atoms with van der Waals surface area (Å²) in [4.78, 5) is 11.7. The van der Waals surface area contributed by atoms with Crippen LogP contribution in [-0.2, 0) is 4.79 Å². The van der Waals surface area contributed by atoms with Crippen LogP contribution in [0.3, 0.4) is 0 Å². The first-order valence-corrected chi connectivity index (χ1v) is 6.16. The molecule has 1 N–H and O–H groups in total. The van der Waals surface area contributed by atoms with Crippen molar-refractivity contribution in [1.82, 2.24) is 5.32 Å². The standard InChI is InChI=1S/C12H20F3NO/c1-8(2)7-16-11(17)9-5-3-4-6-10(9)12(13,14)15/h8-10H,3-7H2,1-2H3,(H,16,17). The quantitative estimate of drug-likeness (QED) is 0.820. The molecule has 0 aromatic rings. The van der Waals surface area contributed by atoms with E-state index in [1.54, 1.807) is 0 Å². The molecule has 1 saturated carbocycles. The Hall–Kier alpha value is -0.740. The van der Waals surface area contributed by atoms with Crippen molar-refractivity contribution in [3.8, 4) is 0 Å². The van der Waals surface area contributed by atoms with Crippen molar-refractivity contribution >= 4 is 5.91 Å². The molecule has 0 aromatic heterocycles. The van der Waals surface area contributed by atoms with Gasteiger partial charge in [0, 0.05) is 12.5 Å². The Morgan fingerprint density at radius 2 is 1.88 bits per heavy atom. The number of carbonyl (C=O) groups is 1. The molecular formula is C12H20F3NO. The van der Waals surface area contributed by atoms with Crippen LogP contribution in [0.25, 0.3) is 0 Å². The molecule has 1 rings (SSSR count). The van der Waals surface area contributed by atoms with Gasteiger partial charge in [-0.3, -0.25) is 4.79 Å². The van der Waals surface area contributed by atoms with E-state index in [1.165, 1.54) is 0 Å². The Kier molecular flexibility index (Phi) is 4.83. The smallest absolute Gasteiger partial charge is 0.356 e. The van der Waals surface area contributed by atoms with Crippen molar-refractivity contribution in [1.29, 1.82) is 0 Å². The van der Waals surface area contributed by atoms with E-state index in [4.69, 9.17) is 0 Å². The molecule has 0 saturated heterocycles. The Morgan fingerprint density at radius 1 is 1.29 bits per heavy atom. The molecule has 0 aliphatic heterocycles. The van der Waals surface area contributed by atoms with E-state index in [9.17, 15) is 18.0 Å². The molecule has 0 radical (unpaired) electrons. The molecule has 1 amide bonds. The average molecular weight is 251 g/mol. The second-order valence-electron chi connectivity index (χ2n) is 5.18. The highest BCUT2D eigenvalue weighted by atomic mass is 19.4. The third kappa shape index (κ3) is 4.21. The minimum atomic E-state index is -4.25. The van der Waals surface area contributed by atoms with Crippen molar-refractivity contribution in [2.45, 2.75) is 45.7 Å². The maximum atomic E-state index is 12.8. The summed E-state index contributed by atoms with van der Waals surface area (Å²) in [6, 6.07) is 0. The molecule has 2 atom stereocenters. The Morgan fingerprint density at radius 3 is 2.41 bits per heavy atom. The number of halogens is 3. The molecule has 17 heavy (non-hydrogen) atoms. The molecule has 1 aliphatic rings. The summed E-state index contributed by atoms with van der Waals surface area (Å²) in [6.45, 7) is 4.28. The molecule has 0 spiro atoms. The highest BCUT2D eigenvalue weighted by Gasteiger charge is 2.47. The minimum Gasteiger partial charge on any atom is -0.356 e. The van der Waals surface area contributed by atoms with Gasteiger partial charge < -0.3 is 5.32 Å². The molecule has 2 nitrogen and oxygen atoms in total. The summed E-state index contributed by atoms with van der Waals surface area (Å²) < 4.78 is 38.3. The Labute approximate surface area is 100.0 Å². The van der Waals surface area contributed by atoms with Gasteiger partial charge in [0.25, 0.3) is 0 Å². The first kappa shape index (κ1) is 14.3. The predicted octanol–water partition coefficient (Wildman–Crippen LogP) is 3.13. The van der Waals surface area contributed by atoms with Crippen molar-refractivity contribution in [3.63, 3.8) is 0 Å². The van der Waals surface area contributed by atoms with Gasteiger partial charge in [-0.05, 0) is 18.8 Å². The van der Waals surface area contributed by atoms with Gasteiger partial charge in [0.1, 0.15) is 0 Å². The number of alkyl halides is 3. The van der Waals surface area contributed by atoms with Crippen molar-refractivity contribution in [3.05, 3.63) is 0 Å². The van der Waals surface area contributed by atoms with Crippen LogP contribution in [0.5, 0.6) is 0 Å². The Balaban J connectivity index is 2.61. The van der Waals surface area contributed by atoms with Crippen LogP contribution in [0, 0.1) is 17.8 Å². The fraction of sp³-hybridized carbons (Fsp3) is 0.917. The van der Waals surface area contributed by atoms with Crippen LogP contribution in [0.2, 0.25) is 0 Å². The van der Waals surface area contributed by atoms with Crippen molar-refractivity contribution in [2.75, 3.05) is 6.54 Å². The van der Waals surface area contributed by atoms with Gasteiger partial charge in [-0.25, -0.2) is 0 Å². The van der Waals surface area contributed by atoms with Gasteiger partial charge in [0.2, 0.25) is 5.91 Å². The number of rotatable bonds is 3. The summed E-state index contributed by atoms with van der Waals surface area (Å²) in [5, 5.41) is 2.61. The molecule has 1 fully saturated rings. The lowest BCUT2D eigenvalue weighted by molar-refractivity contribution is -0.198. The van der Waals surface area contributed by atoms with Crippen LogP contribution in [0.1, 0.15) is 39.5 Å². The first-order chi connectivity index (χ1) is 7.82. The van der Waals surface area contributed by atoms with Crippen LogP contribution in [-0.4, -0.2) is 18.6 Å². The number of hydrogen-bond donors (Lipinski definition) is 1. The van der Waals surface area contributed by atoms with Gasteiger partial charge in [0.05, 0.1) is 5.92 Å². The summed E-state index contributed by atoms with van der Waals surface area (Å²) in [7, 11) is 0. The van der Waals surface area contributed by atoms with Crippen LogP contribution < -0.4 is 5.32 Å². The van der Waals surface area contributed by atoms with E-state index in [0.29, 0.717) is 25.8 Å². The maximum Gasteiger partial charge on any atom is 0.392 e. The van der Waals surface area contributed by atoms with E-state index in [2.05, 4.69) is 5.32 Å². The van der Waals surface area contributed by atoms with Gasteiger partial charge in [-0.2, -0.15) is 13.2 Å². The lowest BCUT2D eigenvalue weighted by Crippen LogP contribution is -2.43. The van der Waals surface area contributed by atoms with Crippen LogP contribution in [0.15, 0.2) is 0 Å². The summed E-state index contributed by atoms with van der Waals surface area (Å²) in [6.07, 6.45) is -2.53. The highest BCUT2D eigenvalue weighted by Crippen LogP contribution is 2.41. The minimum absolute atomic E-state index is 0.0866. The number of amides is 1. The molecular weight excluding hydrogens is 231 g/mol. The SMILES string of the molecule is CC(C)CNC(=O)C1CCCCC1C(F)(F)F. The molecule has 100 valence electrons. The summed E-state index contributed by atoms with van der Waals surface area (Å²) >= 11 is 0. The molecule has 0 heterocycles. The van der Waals surface area contributed by atoms with Crippen LogP contribution >= 0.6 is 0 Å². The zero-order valence-corrected chi connectivity index (χ0v) is 10.3. The number of nitrogens with one attached hydrogen (secondary N) is 1. The second kappa shape index (κ2) is 5.74.